The quantitative estimate of drug-likeness (QED) is 0.754. The van der Waals surface area contributed by atoms with Crippen LogP contribution in [0.25, 0.3) is 0 Å². The van der Waals surface area contributed by atoms with Crippen molar-refractivity contribution in [2.24, 2.45) is 0 Å². The third kappa shape index (κ3) is 2.18. The Morgan fingerprint density at radius 3 is 2.65 bits per heavy atom. The lowest BCUT2D eigenvalue weighted by Gasteiger charge is -2.35. The van der Waals surface area contributed by atoms with E-state index in [4.69, 9.17) is 0 Å². The highest BCUT2D eigenvalue weighted by Gasteiger charge is 2.26. The predicted molar refractivity (Wildman–Crippen MR) is 83.3 cm³/mol. The molecule has 0 atom stereocenters. The molecule has 102 valence electrons. The zero-order chi connectivity index (χ0) is 14.1. The average molecular weight is 332 g/mol. The van der Waals surface area contributed by atoms with E-state index >= 15 is 0 Å². The highest BCUT2D eigenvalue weighted by molar-refractivity contribution is 9.10. The van der Waals surface area contributed by atoms with Crippen LogP contribution >= 0.6 is 15.9 Å². The van der Waals surface area contributed by atoms with E-state index in [0.29, 0.717) is 16.7 Å². The summed E-state index contributed by atoms with van der Waals surface area (Å²) in [5, 5.41) is 0. The Morgan fingerprint density at radius 1 is 1.15 bits per heavy atom. The summed E-state index contributed by atoms with van der Waals surface area (Å²) in [6.07, 6.45) is 1.67. The van der Waals surface area contributed by atoms with E-state index in [2.05, 4.69) is 25.8 Å². The van der Waals surface area contributed by atoms with Gasteiger partial charge >= 0.3 is 0 Å². The molecule has 1 aliphatic heterocycles. The van der Waals surface area contributed by atoms with E-state index in [1.54, 1.807) is 18.3 Å². The first kappa shape index (κ1) is 13.1. The highest BCUT2D eigenvalue weighted by atomic mass is 79.9. The van der Waals surface area contributed by atoms with Gasteiger partial charge in [-0.25, -0.2) is 4.98 Å². The van der Waals surface area contributed by atoms with Crippen molar-refractivity contribution < 1.29 is 4.79 Å². The van der Waals surface area contributed by atoms with Crippen LogP contribution in [0.1, 0.15) is 10.4 Å². The number of carbonyl (C=O) groups is 1. The normalized spacial score (nSPS) is 14.1. The number of rotatable bonds is 1. The number of hydrogen-bond acceptors (Lipinski definition) is 3. The van der Waals surface area contributed by atoms with Crippen molar-refractivity contribution in [3.05, 3.63) is 52.8 Å². The molecule has 1 aliphatic rings. The van der Waals surface area contributed by atoms with Crippen LogP contribution in [0.2, 0.25) is 0 Å². The number of aromatic nitrogens is 1. The Bertz CT molecular complexity index is 659. The third-order valence-electron chi connectivity index (χ3n) is 3.48. The number of fused-ring (bicyclic) bond motifs is 1. The molecular formula is C15H14BrN3O. The molecule has 1 amide bonds. The van der Waals surface area contributed by atoms with Crippen LogP contribution < -0.4 is 9.80 Å². The first-order chi connectivity index (χ1) is 9.68. The molecule has 1 aromatic carbocycles. The summed E-state index contributed by atoms with van der Waals surface area (Å²) >= 11 is 3.35. The lowest BCUT2D eigenvalue weighted by Crippen LogP contribution is -2.42. The summed E-state index contributed by atoms with van der Waals surface area (Å²) in [6.45, 7) is 1.49. The second kappa shape index (κ2) is 5.25. The lowest BCUT2D eigenvalue weighted by molar-refractivity contribution is 0.0985. The number of hydrogen-bond donors (Lipinski definition) is 0. The van der Waals surface area contributed by atoms with Crippen LogP contribution in [0.3, 0.4) is 0 Å². The smallest absolute Gasteiger partial charge is 0.261 e. The maximum atomic E-state index is 12.7. The summed E-state index contributed by atoms with van der Waals surface area (Å²) in [4.78, 5) is 20.8. The number of halogens is 1. The van der Waals surface area contributed by atoms with Gasteiger partial charge in [-0.1, -0.05) is 12.1 Å². The second-order valence-electron chi connectivity index (χ2n) is 4.71. The Balaban J connectivity index is 2.02. The van der Waals surface area contributed by atoms with Gasteiger partial charge in [0.1, 0.15) is 4.60 Å². The molecule has 20 heavy (non-hydrogen) atoms. The number of nitrogens with zero attached hydrogens (tertiary/aromatic N) is 3. The van der Waals surface area contributed by atoms with Crippen LogP contribution in [-0.4, -0.2) is 31.0 Å². The van der Waals surface area contributed by atoms with Gasteiger partial charge in [0, 0.05) is 26.3 Å². The van der Waals surface area contributed by atoms with Gasteiger partial charge in [0.05, 0.1) is 16.9 Å². The molecule has 0 radical (unpaired) electrons. The number of para-hydroxylation sites is 2. The van der Waals surface area contributed by atoms with Gasteiger partial charge in [0.15, 0.2) is 0 Å². The summed E-state index contributed by atoms with van der Waals surface area (Å²) in [7, 11) is 2.04. The van der Waals surface area contributed by atoms with Crippen LogP contribution in [0.4, 0.5) is 11.4 Å². The maximum absolute atomic E-state index is 12.7. The topological polar surface area (TPSA) is 36.4 Å². The van der Waals surface area contributed by atoms with Crippen LogP contribution in [-0.2, 0) is 0 Å². The number of benzene rings is 1. The Kier molecular flexibility index (Phi) is 3.44. The SMILES string of the molecule is CN1CCN(C(=O)c2cccnc2Br)c2ccccc21. The number of pyridine rings is 1. The van der Waals surface area contributed by atoms with Crippen molar-refractivity contribution >= 4 is 33.2 Å². The molecule has 0 bridgehead atoms. The predicted octanol–water partition coefficient (Wildman–Crippen LogP) is 2.94. The highest BCUT2D eigenvalue weighted by Crippen LogP contribution is 2.33. The molecule has 0 N–H and O–H groups in total. The van der Waals surface area contributed by atoms with Crippen molar-refractivity contribution in [2.45, 2.75) is 0 Å². The van der Waals surface area contributed by atoms with Gasteiger partial charge in [-0.05, 0) is 40.2 Å². The molecular weight excluding hydrogens is 318 g/mol. The van der Waals surface area contributed by atoms with E-state index in [1.165, 1.54) is 0 Å². The molecule has 1 aromatic heterocycles. The molecule has 0 saturated heterocycles. The zero-order valence-electron chi connectivity index (χ0n) is 11.1. The van der Waals surface area contributed by atoms with Crippen LogP contribution in [0.5, 0.6) is 0 Å². The van der Waals surface area contributed by atoms with Gasteiger partial charge in [-0.15, -0.1) is 0 Å². The fourth-order valence-electron chi connectivity index (χ4n) is 2.41. The largest absolute Gasteiger partial charge is 0.371 e. The van der Waals surface area contributed by atoms with E-state index in [0.717, 1.165) is 17.9 Å². The second-order valence-corrected chi connectivity index (χ2v) is 5.46. The first-order valence-electron chi connectivity index (χ1n) is 6.41. The van der Waals surface area contributed by atoms with Gasteiger partial charge in [-0.2, -0.15) is 0 Å². The average Bonchev–Trinajstić information content (AvgIpc) is 2.48. The Morgan fingerprint density at radius 2 is 1.90 bits per heavy atom. The standard InChI is InChI=1S/C15H14BrN3O/c1-18-9-10-19(13-7-3-2-6-12(13)18)15(20)11-5-4-8-17-14(11)16/h2-8H,9-10H2,1H3. The van der Waals surface area contributed by atoms with Gasteiger partial charge in [0.25, 0.3) is 5.91 Å². The Labute approximate surface area is 126 Å². The summed E-state index contributed by atoms with van der Waals surface area (Å²) < 4.78 is 0.585. The van der Waals surface area contributed by atoms with Gasteiger partial charge in [0.2, 0.25) is 0 Å². The minimum atomic E-state index is -0.0227. The molecule has 0 unspecified atom stereocenters. The minimum Gasteiger partial charge on any atom is -0.371 e. The van der Waals surface area contributed by atoms with Gasteiger partial charge in [-0.3, -0.25) is 4.79 Å². The Hall–Kier alpha value is -1.88. The molecule has 0 spiro atoms. The fraction of sp³-hybridized carbons (Fsp3) is 0.200. The molecule has 5 heteroatoms. The monoisotopic (exact) mass is 331 g/mol. The molecule has 4 nitrogen and oxygen atoms in total. The summed E-state index contributed by atoms with van der Waals surface area (Å²) in [5.41, 5.74) is 2.61. The van der Waals surface area contributed by atoms with E-state index in [-0.39, 0.29) is 5.91 Å². The van der Waals surface area contributed by atoms with Crippen molar-refractivity contribution in [3.8, 4) is 0 Å². The zero-order valence-corrected chi connectivity index (χ0v) is 12.7. The maximum Gasteiger partial charge on any atom is 0.261 e. The summed E-state index contributed by atoms with van der Waals surface area (Å²) in [5.74, 6) is -0.0227. The van der Waals surface area contributed by atoms with Crippen molar-refractivity contribution in [1.29, 1.82) is 0 Å². The number of likely N-dealkylation sites (N-methyl/N-ethyl adjacent to an activating group) is 1. The van der Waals surface area contributed by atoms with Crippen LogP contribution in [0.15, 0.2) is 47.2 Å². The minimum absolute atomic E-state index is 0.0227. The molecule has 2 heterocycles. The fourth-order valence-corrected chi connectivity index (χ4v) is 2.83. The van der Waals surface area contributed by atoms with E-state index < -0.39 is 0 Å². The molecule has 0 aliphatic carbocycles. The number of anilines is 2. The van der Waals surface area contributed by atoms with Crippen LogP contribution in [0, 0.1) is 0 Å². The third-order valence-corrected chi connectivity index (χ3v) is 4.11. The lowest BCUT2D eigenvalue weighted by atomic mass is 10.1. The van der Waals surface area contributed by atoms with Crippen molar-refractivity contribution in [2.75, 3.05) is 29.9 Å². The van der Waals surface area contributed by atoms with E-state index in [1.807, 2.05) is 36.2 Å². The molecule has 0 fully saturated rings. The van der Waals surface area contributed by atoms with Crippen molar-refractivity contribution in [1.82, 2.24) is 4.98 Å². The number of carbonyl (C=O) groups excluding carboxylic acids is 1. The van der Waals surface area contributed by atoms with E-state index in [9.17, 15) is 4.79 Å². The van der Waals surface area contributed by atoms with Gasteiger partial charge < -0.3 is 9.80 Å². The molecule has 2 aromatic rings. The molecule has 3 rings (SSSR count). The first-order valence-corrected chi connectivity index (χ1v) is 7.20. The molecule has 0 saturated carbocycles. The van der Waals surface area contributed by atoms with Crippen molar-refractivity contribution in [3.63, 3.8) is 0 Å². The number of amides is 1. The summed E-state index contributed by atoms with van der Waals surface area (Å²) in [6, 6.07) is 11.5.